The summed E-state index contributed by atoms with van der Waals surface area (Å²) in [6, 6.07) is 2.32. The molecule has 0 aliphatic carbocycles. The predicted octanol–water partition coefficient (Wildman–Crippen LogP) is 2.90. The zero-order valence-corrected chi connectivity index (χ0v) is 10.1. The van der Waals surface area contributed by atoms with Crippen molar-refractivity contribution in [3.8, 4) is 0 Å². The van der Waals surface area contributed by atoms with Gasteiger partial charge in [0.25, 0.3) is 5.69 Å². The van der Waals surface area contributed by atoms with E-state index in [1.807, 2.05) is 0 Å². The Hall–Kier alpha value is -2.45. The molecule has 1 aromatic heterocycles. The van der Waals surface area contributed by atoms with Crippen LogP contribution in [0.25, 0.3) is 0 Å². The van der Waals surface area contributed by atoms with Crippen LogP contribution in [0.4, 0.5) is 18.9 Å². The third-order valence-corrected chi connectivity index (χ3v) is 2.52. The molecule has 0 saturated carbocycles. The summed E-state index contributed by atoms with van der Waals surface area (Å²) in [5.41, 5.74) is -1.63. The molecule has 6 nitrogen and oxygen atoms in total. The highest BCUT2D eigenvalue weighted by Crippen LogP contribution is 2.33. The van der Waals surface area contributed by atoms with Gasteiger partial charge in [0, 0.05) is 18.6 Å². The van der Waals surface area contributed by atoms with Crippen LogP contribution in [0.15, 0.2) is 22.6 Å². The first-order chi connectivity index (χ1) is 9.27. The lowest BCUT2D eigenvalue weighted by atomic mass is 10.1. The Morgan fingerprint density at radius 2 is 2.05 bits per heavy atom. The van der Waals surface area contributed by atoms with Crippen molar-refractivity contribution in [2.45, 2.75) is 19.5 Å². The van der Waals surface area contributed by atoms with Crippen molar-refractivity contribution in [3.63, 3.8) is 0 Å². The van der Waals surface area contributed by atoms with Gasteiger partial charge in [-0.25, -0.2) is 0 Å². The lowest BCUT2D eigenvalue weighted by Gasteiger charge is -2.07. The number of nitro groups is 1. The number of nitrogens with zero attached hydrogens (tertiary/aromatic N) is 3. The summed E-state index contributed by atoms with van der Waals surface area (Å²) in [4.78, 5) is 10.0. The Balaban J connectivity index is 2.40. The fraction of sp³-hybridized carbons (Fsp3) is 0.273. The van der Waals surface area contributed by atoms with Crippen molar-refractivity contribution in [2.75, 3.05) is 0 Å². The van der Waals surface area contributed by atoms with Gasteiger partial charge in [0.2, 0.25) is 11.8 Å². The maximum atomic E-state index is 12.5. The Kier molecular flexibility index (Phi) is 3.43. The molecule has 1 aromatic carbocycles. The molecule has 0 unspecified atom stereocenters. The molecule has 0 aliphatic heterocycles. The van der Waals surface area contributed by atoms with Crippen LogP contribution in [-0.4, -0.2) is 15.1 Å². The average molecular weight is 287 g/mol. The van der Waals surface area contributed by atoms with Gasteiger partial charge in [-0.3, -0.25) is 10.1 Å². The first-order valence-electron chi connectivity index (χ1n) is 5.41. The van der Waals surface area contributed by atoms with E-state index in [2.05, 4.69) is 10.2 Å². The number of hydrogen-bond donors (Lipinski definition) is 0. The van der Waals surface area contributed by atoms with Gasteiger partial charge in [-0.1, -0.05) is 6.07 Å². The van der Waals surface area contributed by atoms with Crippen LogP contribution in [-0.2, 0) is 12.6 Å². The SMILES string of the molecule is Cc1nnc(Cc2ccc(C(F)(F)F)cc2[N+](=O)[O-])o1. The van der Waals surface area contributed by atoms with Gasteiger partial charge in [-0.2, -0.15) is 13.2 Å². The second-order valence-corrected chi connectivity index (χ2v) is 3.99. The first kappa shape index (κ1) is 14.0. The number of aromatic nitrogens is 2. The zero-order chi connectivity index (χ0) is 14.9. The number of benzene rings is 1. The normalized spacial score (nSPS) is 11.6. The van der Waals surface area contributed by atoms with Gasteiger partial charge >= 0.3 is 6.18 Å². The predicted molar refractivity (Wildman–Crippen MR) is 59.9 cm³/mol. The lowest BCUT2D eigenvalue weighted by molar-refractivity contribution is -0.385. The molecule has 9 heteroatoms. The van der Waals surface area contributed by atoms with Crippen LogP contribution < -0.4 is 0 Å². The molecule has 0 spiro atoms. The monoisotopic (exact) mass is 287 g/mol. The number of alkyl halides is 3. The van der Waals surface area contributed by atoms with E-state index in [1.165, 1.54) is 6.92 Å². The Bertz CT molecular complexity index is 652. The zero-order valence-electron chi connectivity index (χ0n) is 10.1. The maximum Gasteiger partial charge on any atom is 0.416 e. The molecule has 20 heavy (non-hydrogen) atoms. The van der Waals surface area contributed by atoms with Gasteiger partial charge in [-0.05, 0) is 6.07 Å². The Morgan fingerprint density at radius 3 is 2.55 bits per heavy atom. The molecular formula is C11H8F3N3O3. The minimum absolute atomic E-state index is 0.0756. The van der Waals surface area contributed by atoms with Crippen molar-refractivity contribution in [1.29, 1.82) is 0 Å². The summed E-state index contributed by atoms with van der Waals surface area (Å²) >= 11 is 0. The molecule has 2 aromatic rings. The van der Waals surface area contributed by atoms with Crippen molar-refractivity contribution < 1.29 is 22.5 Å². The van der Waals surface area contributed by atoms with Crippen LogP contribution in [0.5, 0.6) is 0 Å². The van der Waals surface area contributed by atoms with E-state index in [9.17, 15) is 23.3 Å². The fourth-order valence-corrected chi connectivity index (χ4v) is 1.63. The largest absolute Gasteiger partial charge is 0.425 e. The third-order valence-electron chi connectivity index (χ3n) is 2.52. The van der Waals surface area contributed by atoms with E-state index in [4.69, 9.17) is 4.42 Å². The quantitative estimate of drug-likeness (QED) is 0.640. The topological polar surface area (TPSA) is 82.1 Å². The van der Waals surface area contributed by atoms with Crippen molar-refractivity contribution in [2.24, 2.45) is 0 Å². The summed E-state index contributed by atoms with van der Waals surface area (Å²) in [5.74, 6) is 0.375. The van der Waals surface area contributed by atoms with Crippen LogP contribution in [0.3, 0.4) is 0 Å². The summed E-state index contributed by atoms with van der Waals surface area (Å²) in [6.07, 6.45) is -4.74. The van der Waals surface area contributed by atoms with Crippen molar-refractivity contribution >= 4 is 5.69 Å². The summed E-state index contributed by atoms with van der Waals surface area (Å²) in [5, 5.41) is 18.1. The molecule has 0 fully saturated rings. The molecule has 0 saturated heterocycles. The minimum Gasteiger partial charge on any atom is -0.425 e. The Morgan fingerprint density at radius 1 is 1.35 bits per heavy atom. The second kappa shape index (κ2) is 4.91. The number of rotatable bonds is 3. The van der Waals surface area contributed by atoms with E-state index in [-0.39, 0.29) is 23.8 Å². The standard InChI is InChI=1S/C11H8F3N3O3/c1-6-15-16-10(20-6)4-7-2-3-8(11(12,13)14)5-9(7)17(18)19/h2-3,5H,4H2,1H3. The van der Waals surface area contributed by atoms with Crippen LogP contribution in [0, 0.1) is 17.0 Å². The van der Waals surface area contributed by atoms with E-state index in [1.54, 1.807) is 0 Å². The fourth-order valence-electron chi connectivity index (χ4n) is 1.63. The second-order valence-electron chi connectivity index (χ2n) is 3.99. The molecule has 0 atom stereocenters. The van der Waals surface area contributed by atoms with Crippen LogP contribution in [0.1, 0.15) is 22.9 Å². The van der Waals surface area contributed by atoms with Crippen molar-refractivity contribution in [3.05, 3.63) is 51.2 Å². The van der Waals surface area contributed by atoms with Crippen molar-refractivity contribution in [1.82, 2.24) is 10.2 Å². The van der Waals surface area contributed by atoms with E-state index < -0.39 is 22.4 Å². The molecular weight excluding hydrogens is 279 g/mol. The van der Waals surface area contributed by atoms with E-state index in [0.717, 1.165) is 12.1 Å². The highest BCUT2D eigenvalue weighted by Gasteiger charge is 2.33. The smallest absolute Gasteiger partial charge is 0.416 e. The van der Waals surface area contributed by atoms with E-state index in [0.29, 0.717) is 6.07 Å². The van der Waals surface area contributed by atoms with Gasteiger partial charge < -0.3 is 4.42 Å². The van der Waals surface area contributed by atoms with Gasteiger partial charge in [-0.15, -0.1) is 10.2 Å². The minimum atomic E-state index is -4.63. The maximum absolute atomic E-state index is 12.5. The number of nitro benzene ring substituents is 1. The highest BCUT2D eigenvalue weighted by atomic mass is 19.4. The van der Waals surface area contributed by atoms with Gasteiger partial charge in [0.05, 0.1) is 16.9 Å². The summed E-state index contributed by atoms with van der Waals surface area (Å²) in [7, 11) is 0. The lowest BCUT2D eigenvalue weighted by Crippen LogP contribution is -2.07. The average Bonchev–Trinajstić information content (AvgIpc) is 2.73. The van der Waals surface area contributed by atoms with Gasteiger partial charge in [0.1, 0.15) is 0 Å². The van der Waals surface area contributed by atoms with Gasteiger partial charge in [0.15, 0.2) is 0 Å². The molecule has 0 radical (unpaired) electrons. The Labute approximate surface area is 110 Å². The highest BCUT2D eigenvalue weighted by molar-refractivity contribution is 5.45. The molecule has 0 N–H and O–H groups in total. The number of aryl methyl sites for hydroxylation is 1. The molecule has 1 heterocycles. The summed E-state index contributed by atoms with van der Waals surface area (Å²) < 4.78 is 42.6. The molecule has 0 aliphatic rings. The van der Waals surface area contributed by atoms with Crippen LogP contribution >= 0.6 is 0 Å². The summed E-state index contributed by atoms with van der Waals surface area (Å²) in [6.45, 7) is 1.54. The molecule has 2 rings (SSSR count). The molecule has 106 valence electrons. The molecule has 0 amide bonds. The first-order valence-corrected chi connectivity index (χ1v) is 5.41. The molecule has 0 bridgehead atoms. The third kappa shape index (κ3) is 2.92. The van der Waals surface area contributed by atoms with Crippen LogP contribution in [0.2, 0.25) is 0 Å². The van der Waals surface area contributed by atoms with E-state index >= 15 is 0 Å². The number of halogens is 3. The number of hydrogen-bond acceptors (Lipinski definition) is 5.